The van der Waals surface area contributed by atoms with Gasteiger partial charge >= 0.3 is 0 Å². The first-order chi connectivity index (χ1) is 7.84. The van der Waals surface area contributed by atoms with E-state index in [0.29, 0.717) is 18.6 Å². The highest BCUT2D eigenvalue weighted by Gasteiger charge is 2.33. The van der Waals surface area contributed by atoms with Crippen LogP contribution in [0.5, 0.6) is 5.75 Å². The van der Waals surface area contributed by atoms with Crippen molar-refractivity contribution < 1.29 is 9.47 Å². The molecule has 2 heterocycles. The van der Waals surface area contributed by atoms with Crippen LogP contribution in [0.1, 0.15) is 18.6 Å². The molecule has 3 atom stereocenters. The number of hydrogen-bond donors (Lipinski definition) is 1. The van der Waals surface area contributed by atoms with Gasteiger partial charge in [0.2, 0.25) is 0 Å². The topological polar surface area (TPSA) is 30.5 Å². The van der Waals surface area contributed by atoms with Gasteiger partial charge in [0, 0.05) is 12.1 Å². The Morgan fingerprint density at radius 1 is 1.25 bits per heavy atom. The molecular formula is C13H17NO2. The minimum atomic E-state index is 0.148. The lowest BCUT2D eigenvalue weighted by Gasteiger charge is -2.32. The molecule has 0 radical (unpaired) electrons. The summed E-state index contributed by atoms with van der Waals surface area (Å²) in [5.41, 5.74) is 1.18. The van der Waals surface area contributed by atoms with Crippen LogP contribution >= 0.6 is 0 Å². The predicted octanol–water partition coefficient (Wildman–Crippen LogP) is 1.74. The average Bonchev–Trinajstić information content (AvgIpc) is 2.52. The Morgan fingerprint density at radius 3 is 3.06 bits per heavy atom. The van der Waals surface area contributed by atoms with Gasteiger partial charge in [-0.15, -0.1) is 0 Å². The summed E-state index contributed by atoms with van der Waals surface area (Å²) >= 11 is 0. The second-order valence-corrected chi connectivity index (χ2v) is 4.72. The Bertz CT molecular complexity index is 380. The van der Waals surface area contributed by atoms with Crippen LogP contribution in [-0.2, 0) is 4.74 Å². The van der Waals surface area contributed by atoms with Gasteiger partial charge in [-0.25, -0.2) is 0 Å². The van der Waals surface area contributed by atoms with Crippen LogP contribution in [0.4, 0.5) is 0 Å². The number of fused-ring (bicyclic) bond motifs is 3. The van der Waals surface area contributed by atoms with E-state index in [2.05, 4.69) is 18.3 Å². The van der Waals surface area contributed by atoms with Crippen LogP contribution in [-0.4, -0.2) is 25.8 Å². The molecule has 3 heteroatoms. The molecule has 3 unspecified atom stereocenters. The summed E-state index contributed by atoms with van der Waals surface area (Å²) in [7, 11) is 0. The molecular weight excluding hydrogens is 202 g/mol. The third-order valence-corrected chi connectivity index (χ3v) is 3.30. The summed E-state index contributed by atoms with van der Waals surface area (Å²) in [6.45, 7) is 4.74. The summed E-state index contributed by atoms with van der Waals surface area (Å²) in [6, 6.07) is 8.46. The zero-order chi connectivity index (χ0) is 11.0. The molecule has 3 nitrogen and oxygen atoms in total. The normalized spacial score (nSPS) is 33.2. The van der Waals surface area contributed by atoms with Gasteiger partial charge in [-0.05, 0) is 12.0 Å². The fraction of sp³-hybridized carbons (Fsp3) is 0.538. The molecule has 3 rings (SSSR count). The lowest BCUT2D eigenvalue weighted by Crippen LogP contribution is -2.42. The number of rotatable bonds is 0. The smallest absolute Gasteiger partial charge is 0.125 e. The van der Waals surface area contributed by atoms with Crippen molar-refractivity contribution >= 4 is 0 Å². The minimum Gasteiger partial charge on any atom is -0.491 e. The molecule has 0 spiro atoms. The highest BCUT2D eigenvalue weighted by molar-refractivity contribution is 5.38. The van der Waals surface area contributed by atoms with Crippen molar-refractivity contribution in [3.05, 3.63) is 29.8 Å². The Labute approximate surface area is 95.8 Å². The van der Waals surface area contributed by atoms with Gasteiger partial charge in [0.1, 0.15) is 18.5 Å². The molecule has 2 aliphatic heterocycles. The van der Waals surface area contributed by atoms with Crippen molar-refractivity contribution in [1.29, 1.82) is 0 Å². The van der Waals surface area contributed by atoms with Crippen LogP contribution in [0.25, 0.3) is 0 Å². The predicted molar refractivity (Wildman–Crippen MR) is 61.6 cm³/mol. The lowest BCUT2D eigenvalue weighted by molar-refractivity contribution is 0.00631. The Kier molecular flexibility index (Phi) is 2.58. The third-order valence-electron chi connectivity index (χ3n) is 3.30. The minimum absolute atomic E-state index is 0.148. The fourth-order valence-corrected chi connectivity index (χ4v) is 2.38. The summed E-state index contributed by atoms with van der Waals surface area (Å²) in [5, 5.41) is 3.52. The standard InChI is InChI=1S/C13H17NO2/c1-9-6-14-11-8-15-12-5-3-2-4-10(12)13(11)16-7-9/h2-5,9,11,13-14H,6-8H2,1H3. The van der Waals surface area contributed by atoms with Gasteiger partial charge in [-0.1, -0.05) is 25.1 Å². The van der Waals surface area contributed by atoms with E-state index in [1.165, 1.54) is 5.56 Å². The Balaban J connectivity index is 1.92. The Morgan fingerprint density at radius 2 is 2.12 bits per heavy atom. The van der Waals surface area contributed by atoms with Crippen molar-refractivity contribution in [2.24, 2.45) is 5.92 Å². The van der Waals surface area contributed by atoms with Crippen molar-refractivity contribution in [2.45, 2.75) is 19.1 Å². The number of nitrogens with one attached hydrogen (secondary N) is 1. The maximum atomic E-state index is 6.00. The quantitative estimate of drug-likeness (QED) is 0.721. The zero-order valence-corrected chi connectivity index (χ0v) is 9.48. The summed E-state index contributed by atoms with van der Waals surface area (Å²) in [5.74, 6) is 1.54. The van der Waals surface area contributed by atoms with Gasteiger partial charge in [-0.2, -0.15) is 0 Å². The molecule has 0 bridgehead atoms. The SMILES string of the molecule is CC1CNC2COc3ccccc3C2OC1. The molecule has 1 fully saturated rings. The van der Waals surface area contributed by atoms with Gasteiger partial charge in [0.05, 0.1) is 12.6 Å². The first kappa shape index (κ1) is 10.1. The number of hydrogen-bond acceptors (Lipinski definition) is 3. The maximum absolute atomic E-state index is 6.00. The van der Waals surface area contributed by atoms with Gasteiger partial charge in [0.15, 0.2) is 0 Å². The lowest BCUT2D eigenvalue weighted by atomic mass is 9.99. The molecule has 1 aromatic carbocycles. The summed E-state index contributed by atoms with van der Waals surface area (Å²) in [6.07, 6.45) is 0.148. The first-order valence-corrected chi connectivity index (χ1v) is 5.91. The van der Waals surface area contributed by atoms with Crippen LogP contribution < -0.4 is 10.1 Å². The number of ether oxygens (including phenoxy) is 2. The maximum Gasteiger partial charge on any atom is 0.125 e. The molecule has 1 N–H and O–H groups in total. The largest absolute Gasteiger partial charge is 0.491 e. The van der Waals surface area contributed by atoms with Crippen LogP contribution in [0.15, 0.2) is 24.3 Å². The third kappa shape index (κ3) is 1.70. The molecule has 16 heavy (non-hydrogen) atoms. The summed E-state index contributed by atoms with van der Waals surface area (Å²) in [4.78, 5) is 0. The first-order valence-electron chi connectivity index (χ1n) is 5.91. The van der Waals surface area contributed by atoms with E-state index >= 15 is 0 Å². The highest BCUT2D eigenvalue weighted by Crippen LogP contribution is 2.35. The zero-order valence-electron chi connectivity index (χ0n) is 9.48. The monoisotopic (exact) mass is 219 g/mol. The van der Waals surface area contributed by atoms with E-state index in [9.17, 15) is 0 Å². The molecule has 1 saturated heterocycles. The molecule has 0 saturated carbocycles. The van der Waals surface area contributed by atoms with Crippen molar-refractivity contribution in [3.8, 4) is 5.75 Å². The molecule has 0 amide bonds. The van der Waals surface area contributed by atoms with E-state index in [1.54, 1.807) is 0 Å². The van der Waals surface area contributed by atoms with E-state index < -0.39 is 0 Å². The van der Waals surface area contributed by atoms with Crippen molar-refractivity contribution in [1.82, 2.24) is 5.32 Å². The van der Waals surface area contributed by atoms with Crippen molar-refractivity contribution in [2.75, 3.05) is 19.8 Å². The number of benzene rings is 1. The van der Waals surface area contributed by atoms with E-state index in [-0.39, 0.29) is 6.10 Å². The van der Waals surface area contributed by atoms with E-state index in [0.717, 1.165) is 18.9 Å². The highest BCUT2D eigenvalue weighted by atomic mass is 16.5. The van der Waals surface area contributed by atoms with Crippen molar-refractivity contribution in [3.63, 3.8) is 0 Å². The second-order valence-electron chi connectivity index (χ2n) is 4.72. The Hall–Kier alpha value is -1.06. The van der Waals surface area contributed by atoms with Crippen LogP contribution in [0.3, 0.4) is 0 Å². The second kappa shape index (κ2) is 4.07. The van der Waals surface area contributed by atoms with Gasteiger partial charge in [0.25, 0.3) is 0 Å². The van der Waals surface area contributed by atoms with Crippen LogP contribution in [0.2, 0.25) is 0 Å². The fourth-order valence-electron chi connectivity index (χ4n) is 2.38. The van der Waals surface area contributed by atoms with Gasteiger partial charge in [-0.3, -0.25) is 0 Å². The van der Waals surface area contributed by atoms with E-state index in [1.807, 2.05) is 18.2 Å². The molecule has 2 aliphatic rings. The molecule has 0 aliphatic carbocycles. The van der Waals surface area contributed by atoms with Gasteiger partial charge < -0.3 is 14.8 Å². The average molecular weight is 219 g/mol. The van der Waals surface area contributed by atoms with Crippen LogP contribution in [0, 0.1) is 5.92 Å². The molecule has 0 aromatic heterocycles. The summed E-state index contributed by atoms with van der Waals surface area (Å²) < 4.78 is 11.7. The number of para-hydroxylation sites is 1. The molecule has 86 valence electrons. The molecule has 1 aromatic rings. The van der Waals surface area contributed by atoms with E-state index in [4.69, 9.17) is 9.47 Å².